The average Bonchev–Trinajstić information content (AvgIpc) is 2.86. The fraction of sp³-hybridized carbons (Fsp3) is 0.182. The highest BCUT2D eigenvalue weighted by molar-refractivity contribution is 9.10. The van der Waals surface area contributed by atoms with Crippen LogP contribution in [0.25, 0.3) is 5.65 Å². The molecule has 0 aliphatic heterocycles. The van der Waals surface area contributed by atoms with Crippen molar-refractivity contribution in [1.82, 2.24) is 24.1 Å². The first-order valence-corrected chi connectivity index (χ1v) is 6.19. The predicted octanol–water partition coefficient (Wildman–Crippen LogP) is 2.28. The lowest BCUT2D eigenvalue weighted by molar-refractivity contribution is 0.743. The van der Waals surface area contributed by atoms with Crippen molar-refractivity contribution < 1.29 is 0 Å². The summed E-state index contributed by atoms with van der Waals surface area (Å²) in [7, 11) is 1.90. The average molecular weight is 307 g/mol. The van der Waals surface area contributed by atoms with Gasteiger partial charge in [-0.25, -0.2) is 9.97 Å². The summed E-state index contributed by atoms with van der Waals surface area (Å²) in [6.45, 7) is 2.00. The molecule has 7 heteroatoms. The van der Waals surface area contributed by atoms with Crippen molar-refractivity contribution in [3.05, 3.63) is 35.0 Å². The van der Waals surface area contributed by atoms with Crippen molar-refractivity contribution >= 4 is 33.2 Å². The third kappa shape index (κ3) is 1.86. The molecule has 0 unspecified atom stereocenters. The summed E-state index contributed by atoms with van der Waals surface area (Å²) in [4.78, 5) is 8.65. The SMILES string of the molecule is Cc1cc(Nc2nc(Br)cn3ccnc23)nn1C. The van der Waals surface area contributed by atoms with E-state index in [1.165, 1.54) is 0 Å². The Morgan fingerprint density at radius 2 is 2.22 bits per heavy atom. The number of nitrogens with one attached hydrogen (secondary N) is 1. The number of rotatable bonds is 2. The molecule has 3 rings (SSSR count). The molecule has 0 saturated carbocycles. The van der Waals surface area contributed by atoms with Crippen LogP contribution in [-0.4, -0.2) is 24.1 Å². The van der Waals surface area contributed by atoms with Gasteiger partial charge in [-0.05, 0) is 22.9 Å². The molecule has 3 heterocycles. The molecule has 0 atom stereocenters. The largest absolute Gasteiger partial charge is 0.320 e. The summed E-state index contributed by atoms with van der Waals surface area (Å²) in [6, 6.07) is 1.96. The second-order valence-corrected chi connectivity index (χ2v) is 4.80. The van der Waals surface area contributed by atoms with Gasteiger partial charge >= 0.3 is 0 Å². The number of fused-ring (bicyclic) bond motifs is 1. The van der Waals surface area contributed by atoms with Gasteiger partial charge in [-0.15, -0.1) is 0 Å². The van der Waals surface area contributed by atoms with Crippen LogP contribution >= 0.6 is 15.9 Å². The van der Waals surface area contributed by atoms with Gasteiger partial charge in [0.2, 0.25) is 0 Å². The molecular formula is C11H11BrN6. The molecule has 0 aliphatic carbocycles. The summed E-state index contributed by atoms with van der Waals surface area (Å²) < 4.78 is 4.45. The van der Waals surface area contributed by atoms with Gasteiger partial charge in [0.1, 0.15) is 4.60 Å². The summed E-state index contributed by atoms with van der Waals surface area (Å²) in [5, 5.41) is 7.52. The van der Waals surface area contributed by atoms with Crippen molar-refractivity contribution in [2.24, 2.45) is 7.05 Å². The van der Waals surface area contributed by atoms with Gasteiger partial charge in [0.05, 0.1) is 0 Å². The van der Waals surface area contributed by atoms with E-state index >= 15 is 0 Å². The van der Waals surface area contributed by atoms with Crippen molar-refractivity contribution in [2.45, 2.75) is 6.92 Å². The number of aryl methyl sites for hydroxylation is 2. The van der Waals surface area contributed by atoms with Crippen molar-refractivity contribution in [3.8, 4) is 0 Å². The molecule has 6 nitrogen and oxygen atoms in total. The Kier molecular flexibility index (Phi) is 2.55. The second-order valence-electron chi connectivity index (χ2n) is 3.99. The lowest BCUT2D eigenvalue weighted by Crippen LogP contribution is -2.00. The van der Waals surface area contributed by atoms with Gasteiger partial charge in [-0.3, -0.25) is 4.68 Å². The highest BCUT2D eigenvalue weighted by Crippen LogP contribution is 2.20. The van der Waals surface area contributed by atoms with E-state index in [0.29, 0.717) is 5.82 Å². The predicted molar refractivity (Wildman–Crippen MR) is 71.9 cm³/mol. The van der Waals surface area contributed by atoms with Crippen LogP contribution in [0.5, 0.6) is 0 Å². The van der Waals surface area contributed by atoms with Crippen LogP contribution in [0.1, 0.15) is 5.69 Å². The molecule has 0 fully saturated rings. The smallest absolute Gasteiger partial charge is 0.180 e. The quantitative estimate of drug-likeness (QED) is 0.789. The Bertz CT molecular complexity index is 694. The van der Waals surface area contributed by atoms with Crippen molar-refractivity contribution in [3.63, 3.8) is 0 Å². The highest BCUT2D eigenvalue weighted by atomic mass is 79.9. The molecule has 0 amide bonds. The fourth-order valence-electron chi connectivity index (χ4n) is 1.73. The lowest BCUT2D eigenvalue weighted by Gasteiger charge is -2.04. The monoisotopic (exact) mass is 306 g/mol. The van der Waals surface area contributed by atoms with Gasteiger partial charge in [-0.1, -0.05) is 0 Å². The Balaban J connectivity index is 2.06. The first-order chi connectivity index (χ1) is 8.63. The Morgan fingerprint density at radius 3 is 2.94 bits per heavy atom. The molecular weight excluding hydrogens is 296 g/mol. The minimum atomic E-state index is 0.674. The molecule has 0 radical (unpaired) electrons. The maximum Gasteiger partial charge on any atom is 0.180 e. The van der Waals surface area contributed by atoms with Crippen LogP contribution in [0.15, 0.2) is 29.3 Å². The van der Waals surface area contributed by atoms with Crippen molar-refractivity contribution in [2.75, 3.05) is 5.32 Å². The molecule has 3 aromatic heterocycles. The molecule has 0 spiro atoms. The summed E-state index contributed by atoms with van der Waals surface area (Å²) in [6.07, 6.45) is 5.46. The molecule has 1 N–H and O–H groups in total. The number of anilines is 2. The molecule has 0 bridgehead atoms. The number of hydrogen-bond acceptors (Lipinski definition) is 4. The second kappa shape index (κ2) is 4.09. The zero-order valence-corrected chi connectivity index (χ0v) is 11.5. The minimum absolute atomic E-state index is 0.674. The number of imidazole rings is 1. The normalized spacial score (nSPS) is 11.1. The standard InChI is InChI=1S/C11H11BrN6/c1-7-5-9(16-17(7)2)15-10-11-13-3-4-18(11)6-8(12)14-10/h3-6H,1-2H3,(H,14,15,16). The van der Waals surface area contributed by atoms with E-state index in [9.17, 15) is 0 Å². The lowest BCUT2D eigenvalue weighted by atomic mass is 10.4. The van der Waals surface area contributed by atoms with Crippen LogP contribution in [0.2, 0.25) is 0 Å². The van der Waals surface area contributed by atoms with E-state index in [2.05, 4.69) is 36.3 Å². The van der Waals surface area contributed by atoms with Crippen LogP contribution < -0.4 is 5.32 Å². The number of hydrogen-bond donors (Lipinski definition) is 1. The molecule has 3 aromatic rings. The fourth-order valence-corrected chi connectivity index (χ4v) is 2.13. The summed E-state index contributed by atoms with van der Waals surface area (Å²) >= 11 is 3.38. The zero-order chi connectivity index (χ0) is 12.7. The Labute approximate surface area is 112 Å². The van der Waals surface area contributed by atoms with Crippen LogP contribution in [0, 0.1) is 6.92 Å². The van der Waals surface area contributed by atoms with E-state index in [0.717, 1.165) is 21.8 Å². The van der Waals surface area contributed by atoms with Crippen LogP contribution in [-0.2, 0) is 7.05 Å². The first-order valence-electron chi connectivity index (χ1n) is 5.40. The molecule has 0 aromatic carbocycles. The van der Waals surface area contributed by atoms with Crippen LogP contribution in [0.4, 0.5) is 11.6 Å². The van der Waals surface area contributed by atoms with Gasteiger partial charge < -0.3 is 9.72 Å². The first kappa shape index (κ1) is 11.2. The van der Waals surface area contributed by atoms with Gasteiger partial charge in [-0.2, -0.15) is 5.10 Å². The van der Waals surface area contributed by atoms with E-state index in [4.69, 9.17) is 0 Å². The van der Waals surface area contributed by atoms with E-state index in [-0.39, 0.29) is 0 Å². The molecule has 92 valence electrons. The van der Waals surface area contributed by atoms with E-state index in [1.54, 1.807) is 6.20 Å². The third-order valence-electron chi connectivity index (χ3n) is 2.70. The van der Waals surface area contributed by atoms with Crippen LogP contribution in [0.3, 0.4) is 0 Å². The number of aromatic nitrogens is 5. The summed E-state index contributed by atoms with van der Waals surface area (Å²) in [5.74, 6) is 1.43. The maximum atomic E-state index is 4.38. The van der Waals surface area contributed by atoms with Gasteiger partial charge in [0.15, 0.2) is 17.3 Å². The summed E-state index contributed by atoms with van der Waals surface area (Å²) in [5.41, 5.74) is 1.84. The maximum absolute atomic E-state index is 4.38. The topological polar surface area (TPSA) is 60.0 Å². The molecule has 0 aliphatic rings. The Morgan fingerprint density at radius 1 is 1.39 bits per heavy atom. The third-order valence-corrected chi connectivity index (χ3v) is 3.09. The molecule has 18 heavy (non-hydrogen) atoms. The number of halogens is 1. The van der Waals surface area contributed by atoms with Gasteiger partial charge in [0, 0.05) is 37.4 Å². The number of nitrogens with zero attached hydrogens (tertiary/aromatic N) is 5. The molecule has 0 saturated heterocycles. The van der Waals surface area contributed by atoms with E-state index < -0.39 is 0 Å². The van der Waals surface area contributed by atoms with Gasteiger partial charge in [0.25, 0.3) is 0 Å². The van der Waals surface area contributed by atoms with E-state index in [1.807, 2.05) is 41.5 Å². The minimum Gasteiger partial charge on any atom is -0.320 e. The highest BCUT2D eigenvalue weighted by Gasteiger charge is 2.08. The zero-order valence-electron chi connectivity index (χ0n) is 9.92. The Hall–Kier alpha value is -1.89. The van der Waals surface area contributed by atoms with Crippen molar-refractivity contribution in [1.29, 1.82) is 0 Å².